The summed E-state index contributed by atoms with van der Waals surface area (Å²) in [6, 6.07) is 0. The highest BCUT2D eigenvalue weighted by Gasteiger charge is 1.87. The minimum absolute atomic E-state index is 0.805. The Bertz CT molecular complexity index is 107. The molecule has 0 aliphatic heterocycles. The van der Waals surface area contributed by atoms with Crippen molar-refractivity contribution in [3.8, 4) is 0 Å². The number of rotatable bonds is 4. The molecule has 0 fully saturated rings. The number of unbranched alkanes of at least 4 members (excludes halogenated alkanes) is 1. The van der Waals surface area contributed by atoms with Crippen LogP contribution in [0.3, 0.4) is 0 Å². The smallest absolute Gasteiger partial charge is 0.143 e. The van der Waals surface area contributed by atoms with Crippen LogP contribution in [0, 0.1) is 0 Å². The highest BCUT2D eigenvalue weighted by Crippen LogP contribution is 2.12. The molecular weight excluding hydrogens is 180 g/mol. The van der Waals surface area contributed by atoms with Gasteiger partial charge in [0.25, 0.3) is 0 Å². The van der Waals surface area contributed by atoms with Gasteiger partial charge in [0, 0.05) is 0 Å². The monoisotopic (exact) mass is 190 g/mol. The SMILES string of the molecule is CCCC/C(Br)=C\C=O. The van der Waals surface area contributed by atoms with Crippen molar-refractivity contribution in [1.29, 1.82) is 0 Å². The van der Waals surface area contributed by atoms with Crippen LogP contribution in [0.1, 0.15) is 26.2 Å². The molecule has 0 rings (SSSR count). The van der Waals surface area contributed by atoms with Crippen molar-refractivity contribution in [3.05, 3.63) is 10.6 Å². The Balaban J connectivity index is 3.36. The standard InChI is InChI=1S/C7H11BrO/c1-2-3-4-7(8)5-6-9/h5-6H,2-4H2,1H3/b7-5+. The van der Waals surface area contributed by atoms with E-state index in [1.165, 1.54) is 6.42 Å². The molecule has 0 bridgehead atoms. The van der Waals surface area contributed by atoms with Gasteiger partial charge in [-0.1, -0.05) is 29.3 Å². The van der Waals surface area contributed by atoms with E-state index in [2.05, 4.69) is 22.9 Å². The fourth-order valence-corrected chi connectivity index (χ4v) is 0.891. The quantitative estimate of drug-likeness (QED) is 0.493. The van der Waals surface area contributed by atoms with Gasteiger partial charge in [-0.15, -0.1) is 0 Å². The molecule has 0 saturated heterocycles. The average Bonchev–Trinajstić information content (AvgIpc) is 1.85. The van der Waals surface area contributed by atoms with Crippen molar-refractivity contribution in [2.45, 2.75) is 26.2 Å². The molecule has 9 heavy (non-hydrogen) atoms. The van der Waals surface area contributed by atoms with Crippen LogP contribution in [0.5, 0.6) is 0 Å². The van der Waals surface area contributed by atoms with Gasteiger partial charge < -0.3 is 0 Å². The molecule has 0 aromatic rings. The first-order valence-corrected chi connectivity index (χ1v) is 3.90. The average molecular weight is 191 g/mol. The lowest BCUT2D eigenvalue weighted by atomic mass is 10.2. The minimum Gasteiger partial charge on any atom is -0.299 e. The molecule has 0 atom stereocenters. The van der Waals surface area contributed by atoms with Crippen molar-refractivity contribution < 1.29 is 4.79 Å². The van der Waals surface area contributed by atoms with Gasteiger partial charge in [0.2, 0.25) is 0 Å². The van der Waals surface area contributed by atoms with Crippen LogP contribution in [-0.4, -0.2) is 6.29 Å². The van der Waals surface area contributed by atoms with E-state index in [-0.39, 0.29) is 0 Å². The van der Waals surface area contributed by atoms with Crippen LogP contribution in [0.25, 0.3) is 0 Å². The third-order valence-electron chi connectivity index (χ3n) is 1.02. The summed E-state index contributed by atoms with van der Waals surface area (Å²) in [7, 11) is 0. The molecule has 52 valence electrons. The summed E-state index contributed by atoms with van der Waals surface area (Å²) >= 11 is 3.27. The molecule has 0 spiro atoms. The van der Waals surface area contributed by atoms with Gasteiger partial charge >= 0.3 is 0 Å². The van der Waals surface area contributed by atoms with Crippen LogP contribution >= 0.6 is 15.9 Å². The fourth-order valence-electron chi connectivity index (χ4n) is 0.503. The molecule has 0 radical (unpaired) electrons. The number of hydrogen-bond acceptors (Lipinski definition) is 1. The third-order valence-corrected chi connectivity index (χ3v) is 1.68. The summed E-state index contributed by atoms with van der Waals surface area (Å²) in [5.41, 5.74) is 0. The molecule has 0 amide bonds. The zero-order valence-corrected chi connectivity index (χ0v) is 7.15. The van der Waals surface area contributed by atoms with Crippen molar-refractivity contribution in [2.24, 2.45) is 0 Å². The summed E-state index contributed by atoms with van der Waals surface area (Å²) in [6.45, 7) is 2.13. The molecule has 1 nitrogen and oxygen atoms in total. The first-order chi connectivity index (χ1) is 4.31. The van der Waals surface area contributed by atoms with E-state index in [9.17, 15) is 4.79 Å². The Morgan fingerprint density at radius 1 is 1.67 bits per heavy atom. The fraction of sp³-hybridized carbons (Fsp3) is 0.571. The minimum atomic E-state index is 0.805. The Hall–Kier alpha value is -0.110. The molecular formula is C7H11BrO. The molecule has 0 aromatic heterocycles. The largest absolute Gasteiger partial charge is 0.299 e. The number of aldehydes is 1. The molecule has 0 aromatic carbocycles. The number of carbonyl (C=O) groups is 1. The van der Waals surface area contributed by atoms with E-state index in [1.807, 2.05) is 0 Å². The second-order valence-corrected chi connectivity index (χ2v) is 2.87. The molecule has 2 heteroatoms. The summed E-state index contributed by atoms with van der Waals surface area (Å²) in [4.78, 5) is 9.87. The van der Waals surface area contributed by atoms with Gasteiger partial charge in [0.05, 0.1) is 0 Å². The molecule has 0 N–H and O–H groups in total. The third kappa shape index (κ3) is 5.77. The Labute approximate surface area is 64.3 Å². The zero-order valence-electron chi connectivity index (χ0n) is 5.56. The maximum atomic E-state index is 9.87. The van der Waals surface area contributed by atoms with E-state index < -0.39 is 0 Å². The normalized spacial score (nSPS) is 11.6. The lowest BCUT2D eigenvalue weighted by Crippen LogP contribution is -1.73. The summed E-state index contributed by atoms with van der Waals surface area (Å²) < 4.78 is 0.999. The van der Waals surface area contributed by atoms with Crippen LogP contribution < -0.4 is 0 Å². The van der Waals surface area contributed by atoms with Crippen molar-refractivity contribution >= 4 is 22.2 Å². The second kappa shape index (κ2) is 6.02. The van der Waals surface area contributed by atoms with E-state index in [0.717, 1.165) is 23.6 Å². The van der Waals surface area contributed by atoms with Crippen LogP contribution in [0.4, 0.5) is 0 Å². The molecule has 0 saturated carbocycles. The van der Waals surface area contributed by atoms with Crippen molar-refractivity contribution in [3.63, 3.8) is 0 Å². The molecule has 0 aliphatic carbocycles. The maximum absolute atomic E-state index is 9.87. The van der Waals surface area contributed by atoms with Crippen molar-refractivity contribution in [2.75, 3.05) is 0 Å². The summed E-state index contributed by atoms with van der Waals surface area (Å²) in [6.07, 6.45) is 5.65. The van der Waals surface area contributed by atoms with Gasteiger partial charge in [-0.3, -0.25) is 4.79 Å². The van der Waals surface area contributed by atoms with E-state index >= 15 is 0 Å². The molecule has 0 aliphatic rings. The van der Waals surface area contributed by atoms with Gasteiger partial charge in [0.1, 0.15) is 6.29 Å². The summed E-state index contributed by atoms with van der Waals surface area (Å²) in [5, 5.41) is 0. The Kier molecular flexibility index (Phi) is 5.94. The predicted molar refractivity (Wildman–Crippen MR) is 42.6 cm³/mol. The highest BCUT2D eigenvalue weighted by atomic mass is 79.9. The number of halogens is 1. The highest BCUT2D eigenvalue weighted by molar-refractivity contribution is 9.11. The van der Waals surface area contributed by atoms with E-state index in [0.29, 0.717) is 0 Å². The van der Waals surface area contributed by atoms with Gasteiger partial charge in [-0.25, -0.2) is 0 Å². The number of carbonyl (C=O) groups excluding carboxylic acids is 1. The molecule has 0 unspecified atom stereocenters. The Morgan fingerprint density at radius 3 is 2.78 bits per heavy atom. The predicted octanol–water partition coefficient (Wildman–Crippen LogP) is 2.65. The van der Waals surface area contributed by atoms with Crippen LogP contribution in [0.2, 0.25) is 0 Å². The first kappa shape index (κ1) is 8.89. The maximum Gasteiger partial charge on any atom is 0.143 e. The lowest BCUT2D eigenvalue weighted by molar-refractivity contribution is -0.104. The van der Waals surface area contributed by atoms with E-state index in [1.54, 1.807) is 6.08 Å². The van der Waals surface area contributed by atoms with Crippen molar-refractivity contribution in [1.82, 2.24) is 0 Å². The van der Waals surface area contributed by atoms with Crippen LogP contribution in [-0.2, 0) is 4.79 Å². The second-order valence-electron chi connectivity index (χ2n) is 1.85. The lowest BCUT2D eigenvalue weighted by Gasteiger charge is -1.92. The van der Waals surface area contributed by atoms with E-state index in [4.69, 9.17) is 0 Å². The van der Waals surface area contributed by atoms with Crippen LogP contribution in [0.15, 0.2) is 10.6 Å². The van der Waals surface area contributed by atoms with Gasteiger partial charge in [-0.2, -0.15) is 0 Å². The Morgan fingerprint density at radius 2 is 2.33 bits per heavy atom. The topological polar surface area (TPSA) is 17.1 Å². The summed E-state index contributed by atoms with van der Waals surface area (Å²) in [5.74, 6) is 0. The van der Waals surface area contributed by atoms with Gasteiger partial charge in [-0.05, 0) is 23.4 Å². The number of hydrogen-bond donors (Lipinski definition) is 0. The molecule has 0 heterocycles. The zero-order chi connectivity index (χ0) is 7.11. The first-order valence-electron chi connectivity index (χ1n) is 3.11. The van der Waals surface area contributed by atoms with Gasteiger partial charge in [0.15, 0.2) is 0 Å². The number of allylic oxidation sites excluding steroid dienone is 2.